The number of rotatable bonds is 1. The fraction of sp³-hybridized carbons (Fsp3) is 0.200. The topological polar surface area (TPSA) is 51.6 Å². The van der Waals surface area contributed by atoms with Gasteiger partial charge in [0.15, 0.2) is 5.82 Å². The summed E-state index contributed by atoms with van der Waals surface area (Å²) in [5.41, 5.74) is 1.91. The Morgan fingerprint density at radius 2 is 1.67 bits per heavy atom. The Balaban J connectivity index is 2.53. The molecule has 4 nitrogen and oxygen atoms in total. The molecule has 0 unspecified atom stereocenters. The second-order valence-corrected chi connectivity index (χ2v) is 3.67. The van der Waals surface area contributed by atoms with Crippen LogP contribution in [-0.4, -0.2) is 20.4 Å². The van der Waals surface area contributed by atoms with Crippen LogP contribution in [0.2, 0.25) is 5.02 Å². The van der Waals surface area contributed by atoms with Crippen molar-refractivity contribution in [2.24, 2.45) is 0 Å². The minimum absolute atomic E-state index is 0.501. The van der Waals surface area contributed by atoms with Crippen molar-refractivity contribution in [3.05, 3.63) is 34.6 Å². The fourth-order valence-corrected chi connectivity index (χ4v) is 1.39. The van der Waals surface area contributed by atoms with E-state index in [4.69, 9.17) is 11.6 Å². The van der Waals surface area contributed by atoms with Crippen molar-refractivity contribution >= 4 is 11.6 Å². The van der Waals surface area contributed by atoms with E-state index in [1.807, 2.05) is 25.1 Å². The van der Waals surface area contributed by atoms with E-state index in [1.54, 1.807) is 6.92 Å². The summed E-state index contributed by atoms with van der Waals surface area (Å²) in [4.78, 5) is 0. The largest absolute Gasteiger partial charge is 0.203 e. The number of hydrogen-bond donors (Lipinski definition) is 0. The van der Waals surface area contributed by atoms with Crippen molar-refractivity contribution in [3.8, 4) is 11.4 Å². The number of hydrogen-bond acceptors (Lipinski definition) is 4. The van der Waals surface area contributed by atoms with Crippen molar-refractivity contribution in [3.63, 3.8) is 0 Å². The summed E-state index contributed by atoms with van der Waals surface area (Å²) in [7, 11) is 0. The van der Waals surface area contributed by atoms with Gasteiger partial charge in [-0.25, -0.2) is 0 Å². The molecule has 0 aliphatic heterocycles. The zero-order valence-corrected chi connectivity index (χ0v) is 9.15. The quantitative estimate of drug-likeness (QED) is 0.740. The predicted octanol–water partition coefficient (Wildman–Crippen LogP) is 2.20. The van der Waals surface area contributed by atoms with E-state index in [9.17, 15) is 0 Å². The van der Waals surface area contributed by atoms with Crippen LogP contribution in [0.5, 0.6) is 0 Å². The molecule has 0 fully saturated rings. The molecule has 15 heavy (non-hydrogen) atoms. The average molecular weight is 221 g/mol. The molecule has 76 valence electrons. The van der Waals surface area contributed by atoms with Gasteiger partial charge < -0.3 is 0 Å². The summed E-state index contributed by atoms with van der Waals surface area (Å²) in [5.74, 6) is 1.05. The zero-order valence-electron chi connectivity index (χ0n) is 8.40. The van der Waals surface area contributed by atoms with Gasteiger partial charge in [0.1, 0.15) is 0 Å². The van der Waals surface area contributed by atoms with Gasteiger partial charge in [-0.3, -0.25) is 0 Å². The molecular formula is C10H9ClN4. The first-order valence-electron chi connectivity index (χ1n) is 4.47. The Hall–Kier alpha value is -1.55. The molecular weight excluding hydrogens is 212 g/mol. The van der Waals surface area contributed by atoms with E-state index in [-0.39, 0.29) is 0 Å². The lowest BCUT2D eigenvalue weighted by atomic mass is 10.1. The van der Waals surface area contributed by atoms with E-state index in [0.29, 0.717) is 16.7 Å². The molecule has 0 aliphatic carbocycles. The standard InChI is InChI=1S/C10H9ClN4/c1-6-3-4-8(11)5-9(6)10-14-12-7(2)13-15-10/h3-5H,1-2H3. The van der Waals surface area contributed by atoms with Crippen LogP contribution in [0.15, 0.2) is 18.2 Å². The maximum Gasteiger partial charge on any atom is 0.203 e. The zero-order chi connectivity index (χ0) is 10.8. The van der Waals surface area contributed by atoms with Crippen LogP contribution in [0, 0.1) is 13.8 Å². The molecule has 0 spiro atoms. The van der Waals surface area contributed by atoms with Crippen molar-refractivity contribution < 1.29 is 0 Å². The third-order valence-corrected chi connectivity index (χ3v) is 2.25. The molecule has 0 atom stereocenters. The van der Waals surface area contributed by atoms with Crippen LogP contribution < -0.4 is 0 Å². The lowest BCUT2D eigenvalue weighted by molar-refractivity contribution is 0.815. The highest BCUT2D eigenvalue weighted by Gasteiger charge is 2.06. The molecule has 2 rings (SSSR count). The monoisotopic (exact) mass is 220 g/mol. The Kier molecular flexibility index (Phi) is 2.60. The van der Waals surface area contributed by atoms with Gasteiger partial charge in [0.05, 0.1) is 0 Å². The highest BCUT2D eigenvalue weighted by Crippen LogP contribution is 2.22. The Morgan fingerprint density at radius 1 is 1.00 bits per heavy atom. The van der Waals surface area contributed by atoms with Crippen molar-refractivity contribution in [2.75, 3.05) is 0 Å². The molecule has 1 aromatic heterocycles. The Labute approximate surface area is 92.3 Å². The second kappa shape index (κ2) is 3.90. The smallest absolute Gasteiger partial charge is 0.131 e. The number of nitrogens with zero attached hydrogens (tertiary/aromatic N) is 4. The molecule has 2 aromatic rings. The first-order chi connectivity index (χ1) is 7.16. The minimum Gasteiger partial charge on any atom is -0.131 e. The maximum atomic E-state index is 5.90. The summed E-state index contributed by atoms with van der Waals surface area (Å²) in [6, 6.07) is 5.56. The van der Waals surface area contributed by atoms with E-state index < -0.39 is 0 Å². The molecule has 1 heterocycles. The molecule has 1 aromatic carbocycles. The molecule has 0 amide bonds. The highest BCUT2D eigenvalue weighted by molar-refractivity contribution is 6.30. The Morgan fingerprint density at radius 3 is 2.33 bits per heavy atom. The van der Waals surface area contributed by atoms with Crippen LogP contribution in [0.1, 0.15) is 11.4 Å². The molecule has 0 bridgehead atoms. The maximum absolute atomic E-state index is 5.90. The van der Waals surface area contributed by atoms with Crippen molar-refractivity contribution in [2.45, 2.75) is 13.8 Å². The van der Waals surface area contributed by atoms with Crippen molar-refractivity contribution in [1.82, 2.24) is 20.4 Å². The van der Waals surface area contributed by atoms with E-state index in [1.165, 1.54) is 0 Å². The van der Waals surface area contributed by atoms with Gasteiger partial charge in [0.2, 0.25) is 5.82 Å². The van der Waals surface area contributed by atoms with E-state index in [0.717, 1.165) is 11.1 Å². The summed E-state index contributed by atoms with van der Waals surface area (Å²) >= 11 is 5.90. The molecule has 0 saturated carbocycles. The van der Waals surface area contributed by atoms with Gasteiger partial charge in [0.25, 0.3) is 0 Å². The van der Waals surface area contributed by atoms with Crippen LogP contribution >= 0.6 is 11.6 Å². The molecule has 0 N–H and O–H groups in total. The Bertz CT molecular complexity index is 481. The van der Waals surface area contributed by atoms with E-state index >= 15 is 0 Å². The number of halogens is 1. The molecule has 0 aliphatic rings. The van der Waals surface area contributed by atoms with E-state index in [2.05, 4.69) is 20.4 Å². The lowest BCUT2D eigenvalue weighted by Gasteiger charge is -2.03. The minimum atomic E-state index is 0.501. The first kappa shape index (κ1) is 9.98. The molecule has 0 saturated heterocycles. The number of aromatic nitrogens is 4. The van der Waals surface area contributed by atoms with Crippen molar-refractivity contribution in [1.29, 1.82) is 0 Å². The van der Waals surface area contributed by atoms with Gasteiger partial charge >= 0.3 is 0 Å². The van der Waals surface area contributed by atoms with Crippen LogP contribution in [0.25, 0.3) is 11.4 Å². The van der Waals surface area contributed by atoms with Gasteiger partial charge in [-0.05, 0) is 31.5 Å². The predicted molar refractivity (Wildman–Crippen MR) is 57.5 cm³/mol. The van der Waals surface area contributed by atoms with Crippen LogP contribution in [0.3, 0.4) is 0 Å². The fourth-order valence-electron chi connectivity index (χ4n) is 1.22. The third kappa shape index (κ3) is 2.10. The third-order valence-electron chi connectivity index (χ3n) is 2.02. The van der Waals surface area contributed by atoms with Gasteiger partial charge in [0, 0.05) is 10.6 Å². The average Bonchev–Trinajstić information content (AvgIpc) is 2.23. The summed E-state index contributed by atoms with van der Waals surface area (Å²) in [6.45, 7) is 3.71. The second-order valence-electron chi connectivity index (χ2n) is 3.23. The molecule has 5 heteroatoms. The summed E-state index contributed by atoms with van der Waals surface area (Å²) in [6.07, 6.45) is 0. The summed E-state index contributed by atoms with van der Waals surface area (Å²) in [5, 5.41) is 16.3. The number of benzene rings is 1. The SMILES string of the molecule is Cc1nnc(-c2cc(Cl)ccc2C)nn1. The van der Waals surface area contributed by atoms with Gasteiger partial charge in [-0.1, -0.05) is 17.7 Å². The normalized spacial score (nSPS) is 10.3. The highest BCUT2D eigenvalue weighted by atomic mass is 35.5. The first-order valence-corrected chi connectivity index (χ1v) is 4.85. The molecule has 0 radical (unpaired) electrons. The van der Waals surface area contributed by atoms with Crippen LogP contribution in [0.4, 0.5) is 0 Å². The summed E-state index contributed by atoms with van der Waals surface area (Å²) < 4.78 is 0. The van der Waals surface area contributed by atoms with Gasteiger partial charge in [-0.2, -0.15) is 0 Å². The lowest BCUT2D eigenvalue weighted by Crippen LogP contribution is -1.99. The van der Waals surface area contributed by atoms with Crippen LogP contribution in [-0.2, 0) is 0 Å². The number of aryl methyl sites for hydroxylation is 2. The van der Waals surface area contributed by atoms with Gasteiger partial charge in [-0.15, -0.1) is 20.4 Å².